The molecule has 0 saturated heterocycles. The Hall–Kier alpha value is -0.340. The van der Waals surface area contributed by atoms with Gasteiger partial charge in [0.25, 0.3) is 0 Å². The van der Waals surface area contributed by atoms with E-state index in [-0.39, 0.29) is 24.1 Å². The summed E-state index contributed by atoms with van der Waals surface area (Å²) in [5.41, 5.74) is 0.714. The number of rotatable bonds is 26. The van der Waals surface area contributed by atoms with Crippen molar-refractivity contribution in [1.82, 2.24) is 0 Å². The highest BCUT2D eigenvalue weighted by Crippen LogP contribution is 2.17. The van der Waals surface area contributed by atoms with Gasteiger partial charge in [0.2, 0.25) is 0 Å². The molecule has 0 aliphatic rings. The van der Waals surface area contributed by atoms with Crippen LogP contribution in [0.1, 0.15) is 155 Å². The third-order valence-corrected chi connectivity index (χ3v) is 7.18. The van der Waals surface area contributed by atoms with Gasteiger partial charge >= 0.3 is 0 Å². The topological polar surface area (TPSA) is 21.5 Å². The van der Waals surface area contributed by atoms with Crippen LogP contribution in [0.3, 0.4) is 0 Å². The molecule has 34 heavy (non-hydrogen) atoms. The summed E-state index contributed by atoms with van der Waals surface area (Å²) in [7, 11) is 4.51. The molecule has 1 unspecified atom stereocenters. The van der Waals surface area contributed by atoms with Gasteiger partial charge in [0.15, 0.2) is 5.78 Å². The summed E-state index contributed by atoms with van der Waals surface area (Å²) >= 11 is 0. The van der Waals surface area contributed by atoms with Gasteiger partial charge in [-0.05, 0) is 31.8 Å². The standard InChI is InChI=1S/C31H61NO.ClH/c1-29(2)31(33)30(3)27-25-23-21-19-17-15-13-11-9-7-6-8-10-12-14-16-18-20-22-24-26-28-32(4)5;/h30H,1,6-28H2,2-5H3;1H. The highest BCUT2D eigenvalue weighted by Gasteiger charge is 2.12. The molecule has 0 aromatic carbocycles. The van der Waals surface area contributed by atoms with Crippen molar-refractivity contribution in [2.75, 3.05) is 20.6 Å². The Morgan fingerprint density at radius 2 is 0.853 bits per heavy atom. The number of nitrogens with one attached hydrogen (secondary N) is 1. The van der Waals surface area contributed by atoms with Crippen LogP contribution in [-0.4, -0.2) is 26.4 Å². The number of ketones is 1. The molecule has 0 aromatic rings. The fourth-order valence-corrected chi connectivity index (χ4v) is 4.84. The van der Waals surface area contributed by atoms with Crippen molar-refractivity contribution < 1.29 is 22.1 Å². The molecule has 3 heteroatoms. The molecule has 0 aliphatic carbocycles. The average Bonchev–Trinajstić information content (AvgIpc) is 2.78. The van der Waals surface area contributed by atoms with E-state index in [1.165, 1.54) is 141 Å². The van der Waals surface area contributed by atoms with Crippen LogP contribution < -0.4 is 17.3 Å². The maximum absolute atomic E-state index is 11.8. The first-order chi connectivity index (χ1) is 15.9. The van der Waals surface area contributed by atoms with E-state index in [0.717, 1.165) is 6.42 Å². The molecule has 0 aliphatic heterocycles. The van der Waals surface area contributed by atoms with E-state index in [2.05, 4.69) is 27.6 Å². The molecule has 0 spiro atoms. The first-order valence-electron chi connectivity index (χ1n) is 14.9. The molecule has 204 valence electrons. The van der Waals surface area contributed by atoms with Gasteiger partial charge in [0.1, 0.15) is 0 Å². The van der Waals surface area contributed by atoms with Crippen LogP contribution in [0, 0.1) is 5.92 Å². The van der Waals surface area contributed by atoms with Crippen LogP contribution in [0.2, 0.25) is 0 Å². The number of halogens is 1. The van der Waals surface area contributed by atoms with Gasteiger partial charge in [-0.2, -0.15) is 0 Å². The fraction of sp³-hybridized carbons (Fsp3) is 0.903. The minimum atomic E-state index is 0. The quantitative estimate of drug-likeness (QED) is 0.123. The Kier molecular flexibility index (Phi) is 28.7. The maximum Gasteiger partial charge on any atom is 0.160 e. The molecule has 0 bridgehead atoms. The van der Waals surface area contributed by atoms with Crippen molar-refractivity contribution in [2.24, 2.45) is 5.92 Å². The second-order valence-corrected chi connectivity index (χ2v) is 11.2. The van der Waals surface area contributed by atoms with Crippen molar-refractivity contribution in [2.45, 2.75) is 155 Å². The van der Waals surface area contributed by atoms with Crippen LogP contribution in [0.4, 0.5) is 0 Å². The monoisotopic (exact) mass is 499 g/mol. The maximum atomic E-state index is 11.8. The van der Waals surface area contributed by atoms with E-state index in [9.17, 15) is 4.79 Å². The molecular weight excluding hydrogens is 438 g/mol. The van der Waals surface area contributed by atoms with Crippen molar-refractivity contribution in [1.29, 1.82) is 0 Å². The number of Topliss-reactive ketones (excluding diaryl/α,β-unsaturated/α-hetero) is 1. The number of hydrogen-bond acceptors (Lipinski definition) is 1. The van der Waals surface area contributed by atoms with Gasteiger partial charge in [-0.25, -0.2) is 0 Å². The Bertz CT molecular complexity index is 449. The van der Waals surface area contributed by atoms with Gasteiger partial charge in [0.05, 0.1) is 20.6 Å². The van der Waals surface area contributed by atoms with Crippen LogP contribution in [0.15, 0.2) is 12.2 Å². The lowest BCUT2D eigenvalue weighted by Crippen LogP contribution is -3.05. The third-order valence-electron chi connectivity index (χ3n) is 7.18. The van der Waals surface area contributed by atoms with E-state index in [1.807, 2.05) is 6.92 Å². The molecule has 0 fully saturated rings. The summed E-state index contributed by atoms with van der Waals surface area (Å²) in [6, 6.07) is 0. The predicted molar refractivity (Wildman–Crippen MR) is 148 cm³/mol. The molecular formula is C31H62ClNO. The molecule has 1 N–H and O–H groups in total. The molecule has 0 rings (SSSR count). The zero-order chi connectivity index (χ0) is 24.6. The first-order valence-corrected chi connectivity index (χ1v) is 14.9. The molecule has 1 atom stereocenters. The summed E-state index contributed by atoms with van der Waals surface area (Å²) in [5, 5.41) is 0. The number of allylic oxidation sites excluding steroid dienone is 1. The zero-order valence-electron chi connectivity index (χ0n) is 23.8. The van der Waals surface area contributed by atoms with Gasteiger partial charge in [-0.15, -0.1) is 0 Å². The lowest BCUT2D eigenvalue weighted by atomic mass is 9.95. The molecule has 0 amide bonds. The molecule has 0 aromatic heterocycles. The van der Waals surface area contributed by atoms with E-state index in [0.29, 0.717) is 5.57 Å². The Balaban J connectivity index is 0. The zero-order valence-corrected chi connectivity index (χ0v) is 24.6. The van der Waals surface area contributed by atoms with E-state index >= 15 is 0 Å². The van der Waals surface area contributed by atoms with Crippen LogP contribution in [0.25, 0.3) is 0 Å². The number of hydrogen-bond donors (Lipinski definition) is 1. The van der Waals surface area contributed by atoms with Crippen molar-refractivity contribution in [3.63, 3.8) is 0 Å². The smallest absolute Gasteiger partial charge is 0.160 e. The Labute approximate surface area is 221 Å². The largest absolute Gasteiger partial charge is 1.00 e. The highest BCUT2D eigenvalue weighted by atomic mass is 35.5. The lowest BCUT2D eigenvalue weighted by Gasteiger charge is -2.09. The van der Waals surface area contributed by atoms with Gasteiger partial charge in [-0.3, -0.25) is 4.79 Å². The van der Waals surface area contributed by atoms with Gasteiger partial charge in [-0.1, -0.05) is 135 Å². The van der Waals surface area contributed by atoms with Crippen LogP contribution in [0.5, 0.6) is 0 Å². The first kappa shape index (κ1) is 35.8. The Morgan fingerprint density at radius 1 is 0.588 bits per heavy atom. The normalized spacial score (nSPS) is 12.0. The molecule has 0 heterocycles. The minimum Gasteiger partial charge on any atom is -1.00 e. The van der Waals surface area contributed by atoms with Crippen molar-refractivity contribution in [3.8, 4) is 0 Å². The van der Waals surface area contributed by atoms with E-state index < -0.39 is 0 Å². The van der Waals surface area contributed by atoms with E-state index in [1.54, 1.807) is 4.90 Å². The minimum absolute atomic E-state index is 0. The number of unbranched alkanes of at least 4 members (excludes halogenated alkanes) is 20. The van der Waals surface area contributed by atoms with Crippen LogP contribution >= 0.6 is 0 Å². The SMILES string of the molecule is C=C(C)C(=O)C(C)CCCCCCCCCCCCCCCCCCCCCCC[NH+](C)C.[Cl-]. The second kappa shape index (κ2) is 27.3. The van der Waals surface area contributed by atoms with Gasteiger partial charge < -0.3 is 17.3 Å². The van der Waals surface area contributed by atoms with Gasteiger partial charge in [0, 0.05) is 5.92 Å². The summed E-state index contributed by atoms with van der Waals surface area (Å²) in [5.74, 6) is 0.420. The van der Waals surface area contributed by atoms with E-state index in [4.69, 9.17) is 0 Å². The highest BCUT2D eigenvalue weighted by molar-refractivity contribution is 5.95. The predicted octanol–water partition coefficient (Wildman–Crippen LogP) is 5.50. The number of quaternary nitrogens is 1. The number of carbonyl (C=O) groups is 1. The molecule has 0 radical (unpaired) electrons. The number of carbonyl (C=O) groups excluding carboxylic acids is 1. The molecule has 2 nitrogen and oxygen atoms in total. The van der Waals surface area contributed by atoms with Crippen molar-refractivity contribution in [3.05, 3.63) is 12.2 Å². The summed E-state index contributed by atoms with van der Waals surface area (Å²) in [6.45, 7) is 8.99. The van der Waals surface area contributed by atoms with Crippen LogP contribution in [-0.2, 0) is 4.79 Å². The average molecular weight is 500 g/mol. The fourth-order valence-electron chi connectivity index (χ4n) is 4.84. The van der Waals surface area contributed by atoms with Crippen molar-refractivity contribution >= 4 is 5.78 Å². The Morgan fingerprint density at radius 3 is 1.12 bits per heavy atom. The summed E-state index contributed by atoms with van der Waals surface area (Å²) in [6.07, 6.45) is 30.8. The second-order valence-electron chi connectivity index (χ2n) is 11.2. The lowest BCUT2D eigenvalue weighted by molar-refractivity contribution is -0.858. The third kappa shape index (κ3) is 26.3. The summed E-state index contributed by atoms with van der Waals surface area (Å²) in [4.78, 5) is 13.4. The molecule has 0 saturated carbocycles. The summed E-state index contributed by atoms with van der Waals surface area (Å²) < 4.78 is 0.